The summed E-state index contributed by atoms with van der Waals surface area (Å²) in [6, 6.07) is 0. The summed E-state index contributed by atoms with van der Waals surface area (Å²) in [5, 5.41) is 0. The van der Waals surface area contributed by atoms with Crippen LogP contribution in [0.1, 0.15) is 13.8 Å². The molecule has 0 rings (SSSR count). The molecule has 0 fully saturated rings. The van der Waals surface area contributed by atoms with E-state index >= 15 is 0 Å². The van der Waals surface area contributed by atoms with Crippen molar-refractivity contribution in [1.29, 1.82) is 0 Å². The first kappa shape index (κ1) is 22.4. The van der Waals surface area contributed by atoms with Crippen LogP contribution < -0.4 is 0 Å². The van der Waals surface area contributed by atoms with Gasteiger partial charge in [0.1, 0.15) is 0 Å². The second kappa shape index (κ2) is 12.4. The van der Waals surface area contributed by atoms with Crippen molar-refractivity contribution in [3.05, 3.63) is 0 Å². The van der Waals surface area contributed by atoms with Crippen molar-refractivity contribution in [2.75, 3.05) is 0 Å². The average molecular weight is 267 g/mol. The Balaban J connectivity index is -0.0000000600. The van der Waals surface area contributed by atoms with Crippen LogP contribution >= 0.6 is 0 Å². The third kappa shape index (κ3) is 23.4. The van der Waals surface area contributed by atoms with Gasteiger partial charge in [-0.15, -0.1) is 0 Å². The first-order valence-electron chi connectivity index (χ1n) is 1.82. The van der Waals surface area contributed by atoms with Crippen LogP contribution in [0.4, 0.5) is 0 Å². The molecule has 0 saturated heterocycles. The van der Waals surface area contributed by atoms with E-state index in [1.807, 2.05) is 0 Å². The maximum atomic E-state index is 9.81. The van der Waals surface area contributed by atoms with Crippen LogP contribution in [0.25, 0.3) is 0 Å². The second-order valence-electron chi connectivity index (χ2n) is 1.09. The minimum Gasteiger partial charge on any atom is -0.394 e. The fourth-order valence-electron chi connectivity index (χ4n) is 0.202. The van der Waals surface area contributed by atoms with E-state index in [-0.39, 0.29) is 51.2 Å². The quantitative estimate of drug-likeness (QED) is 0.355. The Hall–Kier alpha value is 0.698. The van der Waals surface area contributed by atoms with Crippen molar-refractivity contribution >= 4 is 11.9 Å². The van der Waals surface area contributed by atoms with Crippen molar-refractivity contribution in [3.8, 4) is 0 Å². The minimum atomic E-state index is -0.562. The van der Waals surface area contributed by atoms with E-state index in [1.165, 1.54) is 13.8 Å². The fraction of sp³-hybridized carbons (Fsp3) is 0.500. The summed E-state index contributed by atoms with van der Waals surface area (Å²) in [5.74, 6) is -1.12. The molecule has 0 aliphatic heterocycles. The number of carbonyl (C=O) groups excluding carboxylic acids is 2. The third-order valence-electron chi connectivity index (χ3n) is 0.287. The Morgan fingerprint density at radius 3 is 1.10 bits per heavy atom. The molecule has 0 unspecified atom stereocenters. The van der Waals surface area contributed by atoms with Gasteiger partial charge in [-0.1, -0.05) is 0 Å². The zero-order valence-electron chi connectivity index (χ0n) is 5.36. The normalized spacial score (nSPS) is 5.40. The molecule has 0 amide bonds. The van der Waals surface area contributed by atoms with Gasteiger partial charge >= 0.3 is 11.9 Å². The van der Waals surface area contributed by atoms with Gasteiger partial charge in [0.25, 0.3) is 0 Å². The first-order valence-corrected chi connectivity index (χ1v) is 1.82. The van der Waals surface area contributed by atoms with E-state index in [4.69, 9.17) is 0 Å². The van der Waals surface area contributed by atoms with E-state index in [1.54, 1.807) is 0 Å². The molecule has 0 spiro atoms. The van der Waals surface area contributed by atoms with E-state index in [9.17, 15) is 9.59 Å². The summed E-state index contributed by atoms with van der Waals surface area (Å²) in [7, 11) is 0. The van der Waals surface area contributed by atoms with Gasteiger partial charge in [-0.05, 0) is 0 Å². The van der Waals surface area contributed by atoms with Crippen molar-refractivity contribution < 1.29 is 65.5 Å². The molecule has 0 aromatic rings. The first-order chi connectivity index (χ1) is 3.13. The number of ether oxygens (including phenoxy) is 1. The summed E-state index contributed by atoms with van der Waals surface area (Å²) in [6.07, 6.45) is 0. The Kier molecular flexibility index (Phi) is 27.8. The zero-order valence-corrected chi connectivity index (χ0v) is 8.90. The zero-order chi connectivity index (χ0) is 5.86. The van der Waals surface area contributed by atoms with E-state index < -0.39 is 11.9 Å². The molecule has 3 nitrogen and oxygen atoms in total. The smallest absolute Gasteiger partial charge is 0.310 e. The van der Waals surface area contributed by atoms with Gasteiger partial charge in [-0.25, -0.2) is 0 Å². The van der Waals surface area contributed by atoms with Crippen LogP contribution in [-0.4, -0.2) is 11.9 Å². The molecule has 0 aliphatic carbocycles. The Morgan fingerprint density at radius 2 is 1.10 bits per heavy atom. The largest absolute Gasteiger partial charge is 0.394 e. The third-order valence-corrected chi connectivity index (χ3v) is 0.287. The molecule has 0 aromatic carbocycles. The predicted molar refractivity (Wildman–Crippen MR) is 22.4 cm³/mol. The molecule has 0 heterocycles. The molecule has 0 N–H and O–H groups in total. The molecule has 0 aromatic heterocycles. The molecule has 6 heteroatoms. The summed E-state index contributed by atoms with van der Waals surface area (Å²) >= 11 is 0. The van der Waals surface area contributed by atoms with E-state index in [0.717, 1.165) is 0 Å². The standard InChI is InChI=1S/C4H6O3.3Mn/c1-3(5)7-4(2)6;;;/h1-2H3;;;. The molecule has 0 saturated carbocycles. The average Bonchev–Trinajstić information content (AvgIpc) is 1.27. The van der Waals surface area contributed by atoms with Crippen LogP contribution in [0.15, 0.2) is 0 Å². The van der Waals surface area contributed by atoms with E-state index in [2.05, 4.69) is 4.74 Å². The fourth-order valence-corrected chi connectivity index (χ4v) is 0.202. The van der Waals surface area contributed by atoms with Crippen LogP contribution in [0.2, 0.25) is 0 Å². The monoisotopic (exact) mass is 267 g/mol. The van der Waals surface area contributed by atoms with Crippen LogP contribution in [0.3, 0.4) is 0 Å². The maximum Gasteiger partial charge on any atom is 0.310 e. The molecule has 0 atom stereocenters. The summed E-state index contributed by atoms with van der Waals surface area (Å²) in [6.45, 7) is 2.36. The van der Waals surface area contributed by atoms with Crippen LogP contribution in [0, 0.1) is 0 Å². The van der Waals surface area contributed by atoms with Gasteiger partial charge in [0.15, 0.2) is 0 Å². The van der Waals surface area contributed by atoms with Gasteiger partial charge in [0.2, 0.25) is 0 Å². The predicted octanol–water partition coefficient (Wildman–Crippen LogP) is 0.0885. The molecule has 0 aliphatic rings. The number of carbonyl (C=O) groups is 2. The second-order valence-corrected chi connectivity index (χ2v) is 1.09. The van der Waals surface area contributed by atoms with Crippen molar-refractivity contribution in [2.45, 2.75) is 13.8 Å². The van der Waals surface area contributed by atoms with Crippen LogP contribution in [0.5, 0.6) is 0 Å². The number of hydrogen-bond acceptors (Lipinski definition) is 3. The van der Waals surface area contributed by atoms with Gasteiger partial charge in [0, 0.05) is 65.1 Å². The van der Waals surface area contributed by atoms with Gasteiger partial charge in [0.05, 0.1) is 0 Å². The van der Waals surface area contributed by atoms with Crippen molar-refractivity contribution in [1.82, 2.24) is 0 Å². The number of rotatable bonds is 0. The van der Waals surface area contributed by atoms with Crippen molar-refractivity contribution in [2.24, 2.45) is 0 Å². The number of hydrogen-bond donors (Lipinski definition) is 0. The molecule has 61 valence electrons. The van der Waals surface area contributed by atoms with E-state index in [0.29, 0.717) is 0 Å². The van der Waals surface area contributed by atoms with Gasteiger partial charge < -0.3 is 4.74 Å². The topological polar surface area (TPSA) is 43.4 Å². The van der Waals surface area contributed by atoms with Crippen molar-refractivity contribution in [3.63, 3.8) is 0 Å². The molecule has 10 heavy (non-hydrogen) atoms. The molecular formula is C4H6Mn3O3. The SMILES string of the molecule is CC(=O)OC(C)=O.[Mn].[Mn].[Mn]. The number of esters is 2. The molecule has 3 radical (unpaired) electrons. The maximum absolute atomic E-state index is 9.81. The summed E-state index contributed by atoms with van der Waals surface area (Å²) in [5.41, 5.74) is 0. The Bertz CT molecular complexity index is 91.9. The minimum absolute atomic E-state index is 0. The molecular weight excluding hydrogens is 261 g/mol. The van der Waals surface area contributed by atoms with Crippen LogP contribution in [-0.2, 0) is 65.5 Å². The van der Waals surface area contributed by atoms with Gasteiger partial charge in [-0.3, -0.25) is 9.59 Å². The summed E-state index contributed by atoms with van der Waals surface area (Å²) in [4.78, 5) is 19.6. The Morgan fingerprint density at radius 1 is 0.900 bits per heavy atom. The Labute approximate surface area is 91.1 Å². The molecule has 0 bridgehead atoms. The summed E-state index contributed by atoms with van der Waals surface area (Å²) < 4.78 is 3.97. The van der Waals surface area contributed by atoms with Gasteiger partial charge in [-0.2, -0.15) is 0 Å².